The summed E-state index contributed by atoms with van der Waals surface area (Å²) >= 11 is 0. The molecule has 0 fully saturated rings. The lowest BCUT2D eigenvalue weighted by Crippen LogP contribution is -1.93. The first kappa shape index (κ1) is 11.7. The summed E-state index contributed by atoms with van der Waals surface area (Å²) in [6, 6.07) is 7.72. The van der Waals surface area contributed by atoms with Gasteiger partial charge in [-0.1, -0.05) is 17.3 Å². The van der Waals surface area contributed by atoms with Crippen LogP contribution in [0, 0.1) is 0 Å². The van der Waals surface area contributed by atoms with Gasteiger partial charge in [0, 0.05) is 6.42 Å². The van der Waals surface area contributed by atoms with E-state index in [1.165, 1.54) is 12.8 Å². The van der Waals surface area contributed by atoms with E-state index in [2.05, 4.69) is 11.2 Å². The maximum absolute atomic E-state index is 5.35. The number of hydrogen-bond acceptors (Lipinski definition) is 3. The molecule has 0 spiro atoms. The van der Waals surface area contributed by atoms with Crippen molar-refractivity contribution in [1.29, 1.82) is 0 Å². The molecule has 0 saturated heterocycles. The highest BCUT2D eigenvalue weighted by molar-refractivity contribution is 5.79. The Labute approximate surface area is 102 Å². The standard InChI is InChI=1S/C14H17NO2/c1-16-14-9-5-6-12(10-14)11-15-17-13-7-3-2-4-8-13/h5-7,9-11H,2-4,8H2,1H3. The largest absolute Gasteiger partial charge is 0.497 e. The van der Waals surface area contributed by atoms with Gasteiger partial charge in [0.15, 0.2) is 0 Å². The van der Waals surface area contributed by atoms with E-state index in [9.17, 15) is 0 Å². The average Bonchev–Trinajstić information content (AvgIpc) is 2.40. The topological polar surface area (TPSA) is 30.8 Å². The van der Waals surface area contributed by atoms with E-state index in [-0.39, 0.29) is 0 Å². The van der Waals surface area contributed by atoms with Gasteiger partial charge in [-0.15, -0.1) is 0 Å². The molecule has 1 aromatic carbocycles. The van der Waals surface area contributed by atoms with E-state index in [1.54, 1.807) is 13.3 Å². The second kappa shape index (κ2) is 6.09. The van der Waals surface area contributed by atoms with Crippen LogP contribution in [0.3, 0.4) is 0 Å². The molecule has 17 heavy (non-hydrogen) atoms. The van der Waals surface area contributed by atoms with Gasteiger partial charge >= 0.3 is 0 Å². The minimum atomic E-state index is 0.825. The average molecular weight is 231 g/mol. The van der Waals surface area contributed by atoms with Crippen LogP contribution in [0.15, 0.2) is 41.3 Å². The van der Waals surface area contributed by atoms with Gasteiger partial charge in [0.25, 0.3) is 0 Å². The summed E-state index contributed by atoms with van der Waals surface area (Å²) in [7, 11) is 1.65. The van der Waals surface area contributed by atoms with Crippen LogP contribution in [0.2, 0.25) is 0 Å². The van der Waals surface area contributed by atoms with Crippen molar-refractivity contribution in [2.24, 2.45) is 5.16 Å². The summed E-state index contributed by atoms with van der Waals surface area (Å²) in [5.41, 5.74) is 0.973. The van der Waals surface area contributed by atoms with Crippen molar-refractivity contribution in [2.75, 3.05) is 7.11 Å². The minimum absolute atomic E-state index is 0.825. The predicted octanol–water partition coefficient (Wildman–Crippen LogP) is 3.50. The summed E-state index contributed by atoms with van der Waals surface area (Å²) in [5.74, 6) is 1.81. The molecule has 1 aromatic rings. The number of ether oxygens (including phenoxy) is 1. The van der Waals surface area contributed by atoms with Crippen LogP contribution in [-0.2, 0) is 4.84 Å². The summed E-state index contributed by atoms with van der Waals surface area (Å²) in [6.45, 7) is 0. The number of nitrogens with zero attached hydrogens (tertiary/aromatic N) is 1. The Bertz CT molecular complexity index is 424. The smallest absolute Gasteiger partial charge is 0.131 e. The molecular formula is C14H17NO2. The Morgan fingerprint density at radius 3 is 3.00 bits per heavy atom. The molecule has 0 aliphatic heterocycles. The molecule has 3 nitrogen and oxygen atoms in total. The highest BCUT2D eigenvalue weighted by Gasteiger charge is 2.03. The van der Waals surface area contributed by atoms with Crippen molar-refractivity contribution in [3.05, 3.63) is 41.7 Å². The number of rotatable bonds is 4. The summed E-state index contributed by atoms with van der Waals surface area (Å²) in [6.07, 6.45) is 8.37. The van der Waals surface area contributed by atoms with E-state index in [0.29, 0.717) is 0 Å². The number of allylic oxidation sites excluding steroid dienone is 2. The third-order valence-corrected chi connectivity index (χ3v) is 2.71. The van der Waals surface area contributed by atoms with Gasteiger partial charge in [-0.2, -0.15) is 0 Å². The van der Waals surface area contributed by atoms with Crippen LogP contribution < -0.4 is 4.74 Å². The zero-order valence-electron chi connectivity index (χ0n) is 10.1. The first-order valence-electron chi connectivity index (χ1n) is 5.92. The van der Waals surface area contributed by atoms with Gasteiger partial charge < -0.3 is 9.57 Å². The van der Waals surface area contributed by atoms with Crippen LogP contribution in [0.25, 0.3) is 0 Å². The Hall–Kier alpha value is -1.77. The molecule has 0 unspecified atom stereocenters. The van der Waals surface area contributed by atoms with Gasteiger partial charge in [0.2, 0.25) is 0 Å². The van der Waals surface area contributed by atoms with Gasteiger partial charge in [-0.05, 0) is 43.0 Å². The van der Waals surface area contributed by atoms with Crippen molar-refractivity contribution < 1.29 is 9.57 Å². The number of methoxy groups -OCH3 is 1. The minimum Gasteiger partial charge on any atom is -0.497 e. The number of benzene rings is 1. The molecular weight excluding hydrogens is 214 g/mol. The summed E-state index contributed by atoms with van der Waals surface area (Å²) < 4.78 is 5.14. The Balaban J connectivity index is 1.93. The van der Waals surface area contributed by atoms with E-state index in [1.807, 2.05) is 24.3 Å². The highest BCUT2D eigenvalue weighted by atomic mass is 16.6. The van der Waals surface area contributed by atoms with Crippen molar-refractivity contribution in [2.45, 2.75) is 25.7 Å². The van der Waals surface area contributed by atoms with Crippen LogP contribution in [0.5, 0.6) is 5.75 Å². The van der Waals surface area contributed by atoms with Crippen molar-refractivity contribution >= 4 is 6.21 Å². The predicted molar refractivity (Wildman–Crippen MR) is 68.2 cm³/mol. The van der Waals surface area contributed by atoms with Crippen LogP contribution in [-0.4, -0.2) is 13.3 Å². The molecule has 0 bridgehead atoms. The van der Waals surface area contributed by atoms with E-state index in [0.717, 1.165) is 29.9 Å². The lowest BCUT2D eigenvalue weighted by molar-refractivity contribution is 0.210. The van der Waals surface area contributed by atoms with Gasteiger partial charge in [-0.25, -0.2) is 0 Å². The van der Waals surface area contributed by atoms with Crippen LogP contribution >= 0.6 is 0 Å². The molecule has 0 N–H and O–H groups in total. The number of hydrogen-bond donors (Lipinski definition) is 0. The zero-order valence-corrected chi connectivity index (χ0v) is 10.1. The molecule has 1 aliphatic rings. The van der Waals surface area contributed by atoms with Gasteiger partial charge in [0.05, 0.1) is 13.3 Å². The second-order valence-corrected chi connectivity index (χ2v) is 4.02. The fourth-order valence-corrected chi connectivity index (χ4v) is 1.77. The normalized spacial score (nSPS) is 15.7. The molecule has 0 radical (unpaired) electrons. The van der Waals surface area contributed by atoms with Gasteiger partial charge in [-0.3, -0.25) is 0 Å². The van der Waals surface area contributed by atoms with E-state index < -0.39 is 0 Å². The zero-order chi connectivity index (χ0) is 11.9. The van der Waals surface area contributed by atoms with Crippen molar-refractivity contribution in [1.82, 2.24) is 0 Å². The molecule has 0 saturated carbocycles. The highest BCUT2D eigenvalue weighted by Crippen LogP contribution is 2.18. The molecule has 1 aliphatic carbocycles. The quantitative estimate of drug-likeness (QED) is 0.586. The molecule has 2 rings (SSSR count). The fourth-order valence-electron chi connectivity index (χ4n) is 1.77. The molecule has 0 amide bonds. The SMILES string of the molecule is COc1cccc(C=NOC2=CCCCC2)c1. The summed E-state index contributed by atoms with van der Waals surface area (Å²) in [5, 5.41) is 3.99. The second-order valence-electron chi connectivity index (χ2n) is 4.02. The van der Waals surface area contributed by atoms with Gasteiger partial charge in [0.1, 0.15) is 11.5 Å². The molecule has 3 heteroatoms. The Morgan fingerprint density at radius 2 is 2.24 bits per heavy atom. The Kier molecular flexibility index (Phi) is 4.19. The lowest BCUT2D eigenvalue weighted by atomic mass is 10.1. The van der Waals surface area contributed by atoms with Crippen LogP contribution in [0.1, 0.15) is 31.2 Å². The molecule has 90 valence electrons. The third-order valence-electron chi connectivity index (χ3n) is 2.71. The first-order chi connectivity index (χ1) is 8.38. The third kappa shape index (κ3) is 3.63. The van der Waals surface area contributed by atoms with E-state index >= 15 is 0 Å². The fraction of sp³-hybridized carbons (Fsp3) is 0.357. The Morgan fingerprint density at radius 1 is 1.29 bits per heavy atom. The monoisotopic (exact) mass is 231 g/mol. The molecule has 0 aromatic heterocycles. The van der Waals surface area contributed by atoms with Crippen molar-refractivity contribution in [3.8, 4) is 5.75 Å². The lowest BCUT2D eigenvalue weighted by Gasteiger charge is -2.09. The maximum Gasteiger partial charge on any atom is 0.131 e. The first-order valence-corrected chi connectivity index (χ1v) is 5.92. The van der Waals surface area contributed by atoms with E-state index in [4.69, 9.17) is 9.57 Å². The van der Waals surface area contributed by atoms with Crippen LogP contribution in [0.4, 0.5) is 0 Å². The summed E-state index contributed by atoms with van der Waals surface area (Å²) in [4.78, 5) is 5.35. The van der Waals surface area contributed by atoms with Crippen molar-refractivity contribution in [3.63, 3.8) is 0 Å². The molecule has 0 atom stereocenters. The molecule has 0 heterocycles. The maximum atomic E-state index is 5.35. The number of oxime groups is 1.